The van der Waals surface area contributed by atoms with E-state index in [-0.39, 0.29) is 5.75 Å². The van der Waals surface area contributed by atoms with Crippen LogP contribution in [0.3, 0.4) is 0 Å². The lowest BCUT2D eigenvalue weighted by molar-refractivity contribution is 0.0729. The number of esters is 1. The number of anilines is 3. The molecule has 0 radical (unpaired) electrons. The van der Waals surface area contributed by atoms with E-state index in [0.29, 0.717) is 92.4 Å². The fourth-order valence-corrected chi connectivity index (χ4v) is 4.10. The van der Waals surface area contributed by atoms with Gasteiger partial charge in [-0.2, -0.15) is 20.1 Å². The molecule has 5 rings (SSSR count). The molecule has 0 bridgehead atoms. The van der Waals surface area contributed by atoms with Crippen LogP contribution in [0.15, 0.2) is 47.6 Å². The van der Waals surface area contributed by atoms with Crippen molar-refractivity contribution in [2.75, 3.05) is 74.9 Å². The van der Waals surface area contributed by atoms with Crippen LogP contribution in [0, 0.1) is 0 Å². The minimum Gasteiger partial charge on any atom is -0.493 e. The molecule has 0 unspecified atom stereocenters. The molecule has 2 aliphatic heterocycles. The number of hydrazone groups is 1. The maximum atomic E-state index is 12.5. The summed E-state index contributed by atoms with van der Waals surface area (Å²) in [5.74, 6) is 1.61. The largest absolute Gasteiger partial charge is 0.493 e. The molecule has 0 amide bonds. The van der Waals surface area contributed by atoms with Crippen molar-refractivity contribution in [2.24, 2.45) is 5.10 Å². The van der Waals surface area contributed by atoms with Crippen LogP contribution in [0.5, 0.6) is 11.5 Å². The van der Waals surface area contributed by atoms with Gasteiger partial charge >= 0.3 is 5.97 Å². The van der Waals surface area contributed by atoms with Gasteiger partial charge in [-0.1, -0.05) is 11.6 Å². The molecule has 13 heteroatoms. The second-order valence-corrected chi connectivity index (χ2v) is 9.07. The van der Waals surface area contributed by atoms with Crippen molar-refractivity contribution >= 4 is 41.6 Å². The molecular weight excluding hydrogens is 526 g/mol. The molecule has 39 heavy (non-hydrogen) atoms. The first kappa shape index (κ1) is 26.6. The zero-order chi connectivity index (χ0) is 27.0. The number of carbonyl (C=O) groups excluding carboxylic acids is 1. The monoisotopic (exact) mass is 553 g/mol. The average molecular weight is 554 g/mol. The molecule has 2 saturated heterocycles. The number of ether oxygens (including phenoxy) is 4. The van der Waals surface area contributed by atoms with Gasteiger partial charge in [0.2, 0.25) is 17.8 Å². The summed E-state index contributed by atoms with van der Waals surface area (Å²) in [5, 5.41) is 4.85. The van der Waals surface area contributed by atoms with Crippen LogP contribution in [0.25, 0.3) is 0 Å². The van der Waals surface area contributed by atoms with Crippen LogP contribution in [0.4, 0.5) is 17.8 Å². The third kappa shape index (κ3) is 6.91. The molecule has 12 nitrogen and oxygen atoms in total. The number of nitrogens with zero attached hydrogens (tertiary/aromatic N) is 6. The molecule has 0 spiro atoms. The molecule has 2 aromatic carbocycles. The Hall–Kier alpha value is -4.00. The summed E-state index contributed by atoms with van der Waals surface area (Å²) in [5.41, 5.74) is 4.00. The van der Waals surface area contributed by atoms with E-state index in [2.05, 4.69) is 30.3 Å². The standard InChI is InChI=1S/C26H28ClN7O5/c1-36-22-16-18(2-7-21(22)39-23(35)19-3-5-20(27)6-4-19)17-28-32-24-29-25(33-8-12-37-13-9-33)31-26(30-24)34-10-14-38-15-11-34/h2-7,16-17H,8-15H2,1H3,(H,29,30,31,32)/b28-17-. The van der Waals surface area contributed by atoms with Crippen LogP contribution in [-0.4, -0.2) is 86.9 Å². The van der Waals surface area contributed by atoms with E-state index in [1.54, 1.807) is 48.7 Å². The van der Waals surface area contributed by atoms with Crippen molar-refractivity contribution in [3.05, 3.63) is 58.6 Å². The molecule has 0 saturated carbocycles. The Morgan fingerprint density at radius 2 is 1.54 bits per heavy atom. The Morgan fingerprint density at radius 3 is 2.13 bits per heavy atom. The van der Waals surface area contributed by atoms with Crippen LogP contribution >= 0.6 is 11.6 Å². The number of methoxy groups -OCH3 is 1. The quantitative estimate of drug-likeness (QED) is 0.192. The van der Waals surface area contributed by atoms with E-state index >= 15 is 0 Å². The number of hydrogen-bond donors (Lipinski definition) is 1. The van der Waals surface area contributed by atoms with E-state index in [1.807, 2.05) is 0 Å². The highest BCUT2D eigenvalue weighted by atomic mass is 35.5. The fourth-order valence-electron chi connectivity index (χ4n) is 3.97. The summed E-state index contributed by atoms with van der Waals surface area (Å²) in [7, 11) is 1.50. The Morgan fingerprint density at radius 1 is 0.923 bits per heavy atom. The van der Waals surface area contributed by atoms with E-state index in [9.17, 15) is 4.79 Å². The van der Waals surface area contributed by atoms with Crippen LogP contribution < -0.4 is 24.7 Å². The third-order valence-corrected chi connectivity index (χ3v) is 6.30. The number of benzene rings is 2. The minimum absolute atomic E-state index is 0.283. The van der Waals surface area contributed by atoms with Gasteiger partial charge in [-0.05, 0) is 48.0 Å². The lowest BCUT2D eigenvalue weighted by Crippen LogP contribution is -2.40. The van der Waals surface area contributed by atoms with Gasteiger partial charge in [0.1, 0.15) is 0 Å². The molecule has 0 atom stereocenters. The zero-order valence-corrected chi connectivity index (χ0v) is 22.1. The van der Waals surface area contributed by atoms with E-state index in [0.717, 1.165) is 0 Å². The molecule has 204 valence electrons. The zero-order valence-electron chi connectivity index (χ0n) is 21.4. The second-order valence-electron chi connectivity index (χ2n) is 8.63. The molecule has 2 fully saturated rings. The number of halogens is 1. The van der Waals surface area contributed by atoms with E-state index in [4.69, 9.17) is 35.5 Å². The maximum absolute atomic E-state index is 12.5. The topological polar surface area (TPSA) is 124 Å². The first-order chi connectivity index (χ1) is 19.1. The second kappa shape index (κ2) is 12.7. The number of aromatic nitrogens is 3. The number of hydrogen-bond acceptors (Lipinski definition) is 12. The summed E-state index contributed by atoms with van der Waals surface area (Å²) in [4.78, 5) is 30.5. The highest BCUT2D eigenvalue weighted by molar-refractivity contribution is 6.30. The smallest absolute Gasteiger partial charge is 0.343 e. The average Bonchev–Trinajstić information content (AvgIpc) is 2.99. The highest BCUT2D eigenvalue weighted by Crippen LogP contribution is 2.28. The Bertz CT molecular complexity index is 1280. The number of nitrogens with one attached hydrogen (secondary N) is 1. The van der Waals surface area contributed by atoms with Crippen LogP contribution in [0.1, 0.15) is 15.9 Å². The predicted octanol–water partition coefficient (Wildman–Crippen LogP) is 2.87. The van der Waals surface area contributed by atoms with Crippen LogP contribution in [0.2, 0.25) is 5.02 Å². The normalized spacial score (nSPS) is 15.8. The highest BCUT2D eigenvalue weighted by Gasteiger charge is 2.20. The molecule has 3 aromatic rings. The van der Waals surface area contributed by atoms with Gasteiger partial charge in [0.05, 0.1) is 45.3 Å². The van der Waals surface area contributed by atoms with Crippen molar-refractivity contribution in [1.29, 1.82) is 0 Å². The summed E-state index contributed by atoms with van der Waals surface area (Å²) < 4.78 is 21.9. The molecular formula is C26H28ClN7O5. The first-order valence-corrected chi connectivity index (χ1v) is 12.8. The van der Waals surface area contributed by atoms with Gasteiger partial charge in [0, 0.05) is 31.2 Å². The summed E-state index contributed by atoms with van der Waals surface area (Å²) in [6.07, 6.45) is 1.60. The number of rotatable bonds is 8. The Labute approximate surface area is 230 Å². The van der Waals surface area contributed by atoms with E-state index in [1.165, 1.54) is 7.11 Å². The molecule has 3 heterocycles. The van der Waals surface area contributed by atoms with Crippen molar-refractivity contribution < 1.29 is 23.7 Å². The van der Waals surface area contributed by atoms with Crippen molar-refractivity contribution in [2.45, 2.75) is 0 Å². The van der Waals surface area contributed by atoms with Crippen molar-refractivity contribution in [1.82, 2.24) is 15.0 Å². The lowest BCUT2D eigenvalue weighted by Gasteiger charge is -2.30. The van der Waals surface area contributed by atoms with Gasteiger partial charge in [-0.25, -0.2) is 10.2 Å². The third-order valence-electron chi connectivity index (χ3n) is 6.05. The Kier molecular flexibility index (Phi) is 8.66. The summed E-state index contributed by atoms with van der Waals surface area (Å²) in [6.45, 7) is 5.26. The SMILES string of the molecule is COc1cc(/C=N\Nc2nc(N3CCOCC3)nc(N3CCOCC3)n2)ccc1OC(=O)c1ccc(Cl)cc1. The van der Waals surface area contributed by atoms with Gasteiger partial charge in [0.25, 0.3) is 0 Å². The fraction of sp³-hybridized carbons (Fsp3) is 0.346. The van der Waals surface area contributed by atoms with E-state index < -0.39 is 5.97 Å². The van der Waals surface area contributed by atoms with Gasteiger partial charge in [0.15, 0.2) is 11.5 Å². The van der Waals surface area contributed by atoms with Gasteiger partial charge in [-0.15, -0.1) is 0 Å². The van der Waals surface area contributed by atoms with Crippen LogP contribution in [-0.2, 0) is 9.47 Å². The number of carbonyl (C=O) groups is 1. The predicted molar refractivity (Wildman–Crippen MR) is 147 cm³/mol. The molecule has 0 aliphatic carbocycles. The molecule has 2 aliphatic rings. The Balaban J connectivity index is 1.30. The first-order valence-electron chi connectivity index (χ1n) is 12.5. The van der Waals surface area contributed by atoms with Gasteiger partial charge < -0.3 is 28.7 Å². The molecule has 1 N–H and O–H groups in total. The summed E-state index contributed by atoms with van der Waals surface area (Å²) in [6, 6.07) is 11.6. The van der Waals surface area contributed by atoms with Gasteiger partial charge in [-0.3, -0.25) is 0 Å². The molecule has 1 aromatic heterocycles. The maximum Gasteiger partial charge on any atom is 0.343 e. The summed E-state index contributed by atoms with van der Waals surface area (Å²) >= 11 is 5.90. The number of morpholine rings is 2. The van der Waals surface area contributed by atoms with Crippen molar-refractivity contribution in [3.63, 3.8) is 0 Å². The minimum atomic E-state index is -0.518. The van der Waals surface area contributed by atoms with Crippen molar-refractivity contribution in [3.8, 4) is 11.5 Å². The lowest BCUT2D eigenvalue weighted by atomic mass is 10.2.